The van der Waals surface area contributed by atoms with E-state index in [9.17, 15) is 18.3 Å². The lowest BCUT2D eigenvalue weighted by Gasteiger charge is -2.26. The first-order chi connectivity index (χ1) is 20.4. The quantitative estimate of drug-likeness (QED) is 0.219. The third-order valence-corrected chi connectivity index (χ3v) is 6.95. The minimum Gasteiger partial charge on any atom is -0.462 e. The summed E-state index contributed by atoms with van der Waals surface area (Å²) in [7, 11) is -2.48. The lowest BCUT2D eigenvalue weighted by Crippen LogP contribution is -2.29. The van der Waals surface area contributed by atoms with Gasteiger partial charge in [-0.3, -0.25) is 0 Å². The van der Waals surface area contributed by atoms with E-state index in [1.807, 2.05) is 41.8 Å². The predicted octanol–water partition coefficient (Wildman–Crippen LogP) is 5.25. The normalized spacial score (nSPS) is 16.2. The van der Waals surface area contributed by atoms with Crippen LogP contribution in [0.4, 0.5) is 23.1 Å². The van der Waals surface area contributed by atoms with E-state index in [1.54, 1.807) is 6.33 Å². The van der Waals surface area contributed by atoms with Crippen molar-refractivity contribution in [3.05, 3.63) is 66.5 Å². The number of nitrogens with one attached hydrogen (secondary N) is 2. The Morgan fingerprint density at radius 1 is 1.05 bits per heavy atom. The summed E-state index contributed by atoms with van der Waals surface area (Å²) in [5.74, 6) is 0.885. The van der Waals surface area contributed by atoms with Gasteiger partial charge in [0.2, 0.25) is 5.95 Å². The topological polar surface area (TPSA) is 161 Å². The number of nitrogens with zero attached hydrogens (tertiary/aromatic N) is 5. The molecule has 1 aliphatic rings. The molecule has 0 unspecified atom stereocenters. The van der Waals surface area contributed by atoms with Crippen molar-refractivity contribution in [2.45, 2.75) is 64.6 Å². The van der Waals surface area contributed by atoms with Gasteiger partial charge in [0.15, 0.2) is 17.0 Å². The number of aliphatic hydroxyl groups excluding tert-OH is 1. The molecule has 0 aliphatic heterocycles. The Balaban J connectivity index is 0.000000219. The van der Waals surface area contributed by atoms with Gasteiger partial charge in [-0.15, -0.1) is 4.36 Å². The SMILES string of the molecule is CCCOC(=O)c1ccc(N=S(=O)=O)cc1.CCn1cnc2c(Nc3ccccc3)nc(NC3CCC(O)CC3)nc21. The van der Waals surface area contributed by atoms with Crippen LogP contribution in [0.5, 0.6) is 0 Å². The molecule has 4 aromatic rings. The molecule has 12 nitrogen and oxygen atoms in total. The van der Waals surface area contributed by atoms with Gasteiger partial charge in [0.25, 0.3) is 0 Å². The molecule has 1 saturated carbocycles. The number of esters is 1. The number of carbonyl (C=O) groups is 1. The second-order valence-corrected chi connectivity index (χ2v) is 10.3. The van der Waals surface area contributed by atoms with E-state index in [1.165, 1.54) is 24.3 Å². The van der Waals surface area contributed by atoms with Crippen molar-refractivity contribution in [2.75, 3.05) is 17.2 Å². The van der Waals surface area contributed by atoms with Crippen molar-refractivity contribution < 1.29 is 23.1 Å². The molecule has 0 spiro atoms. The highest BCUT2D eigenvalue weighted by Gasteiger charge is 2.21. The smallest absolute Gasteiger partial charge is 0.338 e. The number of fused-ring (bicyclic) bond motifs is 1. The zero-order valence-electron chi connectivity index (χ0n) is 23.6. The highest BCUT2D eigenvalue weighted by atomic mass is 32.2. The highest BCUT2D eigenvalue weighted by molar-refractivity contribution is 7.61. The third kappa shape index (κ3) is 8.57. The van der Waals surface area contributed by atoms with Crippen LogP contribution in [-0.2, 0) is 21.8 Å². The van der Waals surface area contributed by atoms with Gasteiger partial charge in [0.05, 0.1) is 30.3 Å². The Morgan fingerprint density at radius 2 is 1.76 bits per heavy atom. The molecule has 222 valence electrons. The number of hydrogen-bond donors (Lipinski definition) is 3. The number of para-hydroxylation sites is 1. The second-order valence-electron chi connectivity index (χ2n) is 9.73. The van der Waals surface area contributed by atoms with E-state index in [0.29, 0.717) is 30.0 Å². The van der Waals surface area contributed by atoms with Crippen LogP contribution in [0.2, 0.25) is 0 Å². The molecule has 2 aromatic heterocycles. The van der Waals surface area contributed by atoms with E-state index in [4.69, 9.17) is 9.72 Å². The summed E-state index contributed by atoms with van der Waals surface area (Å²) in [6, 6.07) is 16.1. The molecule has 5 rings (SSSR count). The second kappa shape index (κ2) is 15.0. The largest absolute Gasteiger partial charge is 0.462 e. The van der Waals surface area contributed by atoms with E-state index in [-0.39, 0.29) is 11.8 Å². The number of carbonyl (C=O) groups excluding carboxylic acids is 1. The summed E-state index contributed by atoms with van der Waals surface area (Å²) < 4.78 is 30.8. The average Bonchev–Trinajstić information content (AvgIpc) is 3.41. The zero-order chi connectivity index (χ0) is 29.9. The van der Waals surface area contributed by atoms with Crippen LogP contribution in [0.15, 0.2) is 65.3 Å². The van der Waals surface area contributed by atoms with Gasteiger partial charge in [0, 0.05) is 18.3 Å². The van der Waals surface area contributed by atoms with Crippen LogP contribution < -0.4 is 10.6 Å². The maximum Gasteiger partial charge on any atom is 0.338 e. The van der Waals surface area contributed by atoms with E-state index in [0.717, 1.165) is 55.5 Å². The van der Waals surface area contributed by atoms with E-state index < -0.39 is 16.5 Å². The summed E-state index contributed by atoms with van der Waals surface area (Å²) in [6.07, 6.45) is 5.89. The fourth-order valence-corrected chi connectivity index (χ4v) is 4.70. The molecule has 13 heteroatoms. The van der Waals surface area contributed by atoms with Crippen molar-refractivity contribution in [1.82, 2.24) is 19.5 Å². The number of aromatic nitrogens is 4. The van der Waals surface area contributed by atoms with Gasteiger partial charge in [0.1, 0.15) is 0 Å². The van der Waals surface area contributed by atoms with Gasteiger partial charge in [-0.1, -0.05) is 25.1 Å². The lowest BCUT2D eigenvalue weighted by atomic mass is 9.93. The number of ether oxygens (including phenoxy) is 1. The molecule has 0 saturated heterocycles. The molecule has 3 N–H and O–H groups in total. The molecule has 0 radical (unpaired) electrons. The highest BCUT2D eigenvalue weighted by Crippen LogP contribution is 2.26. The minimum absolute atomic E-state index is 0.173. The van der Waals surface area contributed by atoms with Crippen LogP contribution in [0, 0.1) is 0 Å². The molecular formula is C29H35N7O5S. The fourth-order valence-electron chi connectivity index (χ4n) is 4.41. The fraction of sp³-hybridized carbons (Fsp3) is 0.379. The molecule has 42 heavy (non-hydrogen) atoms. The van der Waals surface area contributed by atoms with Crippen LogP contribution in [-0.4, -0.2) is 57.8 Å². The number of benzene rings is 2. The first kappa shape index (κ1) is 30.6. The number of rotatable bonds is 9. The minimum atomic E-state index is -2.48. The Bertz CT molecular complexity index is 1590. The van der Waals surface area contributed by atoms with Crippen molar-refractivity contribution in [2.24, 2.45) is 4.36 Å². The standard InChI is InChI=1S/C19H24N6O.C10H11NO4S/c1-2-25-12-20-16-17(21-13-6-4-3-5-7-13)23-19(24-18(16)25)22-14-8-10-15(26)11-9-14;1-2-7-15-10(12)8-3-5-9(6-4-8)11-16(13)14/h3-7,12,14-15,26H,2,8-11H2,1H3,(H2,21,22,23,24);3-6H,2,7H2,1H3. The molecule has 1 fully saturated rings. The number of imidazole rings is 1. The van der Waals surface area contributed by atoms with Gasteiger partial charge in [-0.2, -0.15) is 18.4 Å². The maximum atomic E-state index is 11.4. The molecule has 0 bridgehead atoms. The molecule has 2 aromatic carbocycles. The molecule has 1 aliphatic carbocycles. The van der Waals surface area contributed by atoms with Crippen molar-refractivity contribution in [1.29, 1.82) is 0 Å². The molecular weight excluding hydrogens is 558 g/mol. The van der Waals surface area contributed by atoms with Crippen LogP contribution in [0.3, 0.4) is 0 Å². The van der Waals surface area contributed by atoms with E-state index >= 15 is 0 Å². The maximum absolute atomic E-state index is 11.4. The lowest BCUT2D eigenvalue weighted by molar-refractivity contribution is 0.0505. The summed E-state index contributed by atoms with van der Waals surface area (Å²) in [5.41, 5.74) is 3.20. The predicted molar refractivity (Wildman–Crippen MR) is 161 cm³/mol. The summed E-state index contributed by atoms with van der Waals surface area (Å²) in [4.78, 5) is 25.2. The van der Waals surface area contributed by atoms with Gasteiger partial charge >= 0.3 is 16.5 Å². The van der Waals surface area contributed by atoms with Crippen molar-refractivity contribution >= 4 is 50.8 Å². The Labute approximate surface area is 245 Å². The summed E-state index contributed by atoms with van der Waals surface area (Å²) in [6.45, 7) is 5.14. The number of aliphatic hydroxyl groups is 1. The van der Waals surface area contributed by atoms with Crippen molar-refractivity contribution in [3.63, 3.8) is 0 Å². The van der Waals surface area contributed by atoms with Gasteiger partial charge in [-0.05, 0) is 75.4 Å². The number of aryl methyl sites for hydroxylation is 1. The first-order valence-corrected chi connectivity index (χ1v) is 15.0. The number of anilines is 3. The Morgan fingerprint density at radius 3 is 2.40 bits per heavy atom. The molecule has 0 amide bonds. The summed E-state index contributed by atoms with van der Waals surface area (Å²) >= 11 is 0. The average molecular weight is 594 g/mol. The number of hydrogen-bond acceptors (Lipinski definition) is 11. The third-order valence-electron chi connectivity index (χ3n) is 6.59. The summed E-state index contributed by atoms with van der Waals surface area (Å²) in [5, 5.41) is 16.5. The van der Waals surface area contributed by atoms with Crippen LogP contribution >= 0.6 is 0 Å². The van der Waals surface area contributed by atoms with Crippen LogP contribution in [0.25, 0.3) is 11.2 Å². The van der Waals surface area contributed by atoms with E-state index in [2.05, 4.69) is 31.9 Å². The molecule has 0 atom stereocenters. The zero-order valence-corrected chi connectivity index (χ0v) is 24.4. The Kier molecular flexibility index (Phi) is 11.0. The van der Waals surface area contributed by atoms with Crippen molar-refractivity contribution in [3.8, 4) is 0 Å². The van der Waals surface area contributed by atoms with Gasteiger partial charge in [-0.25, -0.2) is 9.78 Å². The molecule has 2 heterocycles. The monoisotopic (exact) mass is 593 g/mol. The Hall–Kier alpha value is -4.36. The van der Waals surface area contributed by atoms with Crippen LogP contribution in [0.1, 0.15) is 56.3 Å². The first-order valence-electron chi connectivity index (χ1n) is 13.9. The van der Waals surface area contributed by atoms with Gasteiger partial charge < -0.3 is 25.0 Å².